The van der Waals surface area contributed by atoms with Crippen molar-refractivity contribution in [2.75, 3.05) is 4.90 Å². The fraction of sp³-hybridized carbons (Fsp3) is 0.211. The van der Waals surface area contributed by atoms with Crippen LogP contribution in [0, 0.1) is 0 Å². The average molecular weight is 338 g/mol. The van der Waals surface area contributed by atoms with Crippen LogP contribution in [0.1, 0.15) is 22.8 Å². The number of para-hydroxylation sites is 1. The van der Waals surface area contributed by atoms with E-state index >= 15 is 0 Å². The van der Waals surface area contributed by atoms with Gasteiger partial charge in [0.2, 0.25) is 5.91 Å². The van der Waals surface area contributed by atoms with Gasteiger partial charge in [-0.2, -0.15) is 0 Å². The van der Waals surface area contributed by atoms with Crippen LogP contribution in [0.3, 0.4) is 0 Å². The van der Waals surface area contributed by atoms with Crippen LogP contribution in [0.4, 0.5) is 5.69 Å². The number of anilines is 1. The lowest BCUT2D eigenvalue weighted by molar-refractivity contribution is -0.141. The highest BCUT2D eigenvalue weighted by atomic mass is 16.4. The molecule has 2 aromatic rings. The zero-order chi connectivity index (χ0) is 18.0. The smallest absolute Gasteiger partial charge is 0.325 e. The van der Waals surface area contributed by atoms with E-state index in [9.17, 15) is 14.4 Å². The number of amides is 2. The van der Waals surface area contributed by atoms with E-state index < -0.39 is 24.0 Å². The monoisotopic (exact) mass is 338 g/mol. The van der Waals surface area contributed by atoms with Crippen LogP contribution in [-0.4, -0.2) is 35.0 Å². The van der Waals surface area contributed by atoms with E-state index in [-0.39, 0.29) is 5.91 Å². The third kappa shape index (κ3) is 3.24. The summed E-state index contributed by atoms with van der Waals surface area (Å²) in [6.45, 7) is 1.39. The van der Waals surface area contributed by atoms with Crippen molar-refractivity contribution in [2.24, 2.45) is 0 Å². The van der Waals surface area contributed by atoms with Crippen LogP contribution in [0.25, 0.3) is 0 Å². The fourth-order valence-corrected chi connectivity index (χ4v) is 2.94. The lowest BCUT2D eigenvalue weighted by atomic mass is 10.1. The highest BCUT2D eigenvalue weighted by molar-refractivity contribution is 6.11. The molecule has 0 saturated carbocycles. The predicted octanol–water partition coefficient (Wildman–Crippen LogP) is 1.85. The Hall–Kier alpha value is -3.15. The van der Waals surface area contributed by atoms with Gasteiger partial charge in [0.1, 0.15) is 12.1 Å². The van der Waals surface area contributed by atoms with E-state index in [1.54, 1.807) is 30.3 Å². The van der Waals surface area contributed by atoms with Crippen molar-refractivity contribution in [3.8, 4) is 0 Å². The van der Waals surface area contributed by atoms with Crippen LogP contribution in [0.5, 0.6) is 0 Å². The highest BCUT2D eigenvalue weighted by Crippen LogP contribution is 2.33. The van der Waals surface area contributed by atoms with Gasteiger partial charge in [-0.25, -0.2) is 0 Å². The first-order valence-electron chi connectivity index (χ1n) is 7.98. The number of carboxylic acids is 1. The maximum atomic E-state index is 13.0. The van der Waals surface area contributed by atoms with E-state index in [0.717, 1.165) is 5.56 Å². The molecule has 25 heavy (non-hydrogen) atoms. The minimum atomic E-state index is -1.12. The number of nitrogens with zero attached hydrogens (tertiary/aromatic N) is 1. The van der Waals surface area contributed by atoms with Crippen molar-refractivity contribution in [1.82, 2.24) is 5.32 Å². The van der Waals surface area contributed by atoms with E-state index in [0.29, 0.717) is 17.7 Å². The number of nitrogens with one attached hydrogen (secondary N) is 1. The molecule has 1 heterocycles. The Kier molecular flexibility index (Phi) is 4.52. The summed E-state index contributed by atoms with van der Waals surface area (Å²) < 4.78 is 0. The second-order valence-corrected chi connectivity index (χ2v) is 5.96. The Bertz CT molecular complexity index is 819. The van der Waals surface area contributed by atoms with Crippen molar-refractivity contribution in [3.63, 3.8) is 0 Å². The van der Waals surface area contributed by atoms with Gasteiger partial charge in [0.25, 0.3) is 5.91 Å². The van der Waals surface area contributed by atoms with Gasteiger partial charge in [-0.3, -0.25) is 19.3 Å². The molecular weight excluding hydrogens is 320 g/mol. The summed E-state index contributed by atoms with van der Waals surface area (Å²) in [4.78, 5) is 38.0. The van der Waals surface area contributed by atoms with Crippen LogP contribution in [-0.2, 0) is 16.0 Å². The number of hydrogen-bond acceptors (Lipinski definition) is 3. The number of carbonyl (C=O) groups excluding carboxylic acids is 2. The molecule has 3 rings (SSSR count). The Morgan fingerprint density at radius 1 is 1.08 bits per heavy atom. The van der Waals surface area contributed by atoms with Crippen molar-refractivity contribution in [2.45, 2.75) is 25.4 Å². The quantitative estimate of drug-likeness (QED) is 0.891. The molecule has 1 unspecified atom stereocenters. The molecule has 128 valence electrons. The van der Waals surface area contributed by atoms with Gasteiger partial charge in [-0.1, -0.05) is 36.4 Å². The van der Waals surface area contributed by atoms with E-state index in [1.165, 1.54) is 11.8 Å². The topological polar surface area (TPSA) is 86.7 Å². The molecule has 0 fully saturated rings. The lowest BCUT2D eigenvalue weighted by Crippen LogP contribution is -2.51. The zero-order valence-electron chi connectivity index (χ0n) is 13.7. The molecule has 2 amide bonds. The van der Waals surface area contributed by atoms with Gasteiger partial charge in [0.05, 0.1) is 0 Å². The summed E-state index contributed by atoms with van der Waals surface area (Å²) in [5.41, 5.74) is 2.04. The molecule has 0 radical (unpaired) electrons. The standard InChI is InChI=1S/C19H18N2O4/c1-12(19(24)25)20-17(22)16-11-14-9-5-6-10-15(14)21(16)18(23)13-7-3-2-4-8-13/h2-10,12,16H,11H2,1H3,(H,20,22)(H,24,25)/t12-,16?/m0/s1. The van der Waals surface area contributed by atoms with E-state index in [1.807, 2.05) is 24.3 Å². The Balaban J connectivity index is 1.94. The van der Waals surface area contributed by atoms with Gasteiger partial charge in [-0.15, -0.1) is 0 Å². The second kappa shape index (κ2) is 6.76. The maximum Gasteiger partial charge on any atom is 0.325 e. The molecule has 0 bridgehead atoms. The number of fused-ring (bicyclic) bond motifs is 1. The molecule has 0 spiro atoms. The number of rotatable bonds is 4. The van der Waals surface area contributed by atoms with Gasteiger partial charge >= 0.3 is 5.97 Å². The SMILES string of the molecule is C[C@H](NC(=O)C1Cc2ccccc2N1C(=O)c1ccccc1)C(=O)O. The largest absolute Gasteiger partial charge is 0.480 e. The Morgan fingerprint density at radius 2 is 1.72 bits per heavy atom. The first kappa shape index (κ1) is 16.7. The number of benzene rings is 2. The molecular formula is C19H18N2O4. The molecule has 1 aliphatic heterocycles. The van der Waals surface area contributed by atoms with Crippen molar-refractivity contribution in [1.29, 1.82) is 0 Å². The van der Waals surface area contributed by atoms with Crippen LogP contribution >= 0.6 is 0 Å². The molecule has 1 aliphatic rings. The van der Waals surface area contributed by atoms with Gasteiger partial charge in [-0.05, 0) is 30.7 Å². The Labute approximate surface area is 145 Å². The number of hydrogen-bond donors (Lipinski definition) is 2. The van der Waals surface area contributed by atoms with Gasteiger partial charge < -0.3 is 10.4 Å². The normalized spacial score (nSPS) is 16.8. The first-order valence-corrected chi connectivity index (χ1v) is 7.98. The lowest BCUT2D eigenvalue weighted by Gasteiger charge is -2.25. The van der Waals surface area contributed by atoms with Crippen LogP contribution in [0.15, 0.2) is 54.6 Å². The number of carbonyl (C=O) groups is 3. The van der Waals surface area contributed by atoms with Crippen molar-refractivity contribution >= 4 is 23.5 Å². The van der Waals surface area contributed by atoms with Crippen molar-refractivity contribution in [3.05, 3.63) is 65.7 Å². The zero-order valence-corrected chi connectivity index (χ0v) is 13.7. The van der Waals surface area contributed by atoms with Gasteiger partial charge in [0, 0.05) is 17.7 Å². The molecule has 0 aromatic heterocycles. The summed E-state index contributed by atoms with van der Waals surface area (Å²) in [5, 5.41) is 11.5. The Morgan fingerprint density at radius 3 is 2.40 bits per heavy atom. The average Bonchev–Trinajstić information content (AvgIpc) is 3.01. The third-order valence-corrected chi connectivity index (χ3v) is 4.25. The van der Waals surface area contributed by atoms with Crippen LogP contribution < -0.4 is 10.2 Å². The molecule has 6 heteroatoms. The molecule has 6 nitrogen and oxygen atoms in total. The predicted molar refractivity (Wildman–Crippen MR) is 92.4 cm³/mol. The summed E-state index contributed by atoms with van der Waals surface area (Å²) in [6.07, 6.45) is 0.354. The minimum absolute atomic E-state index is 0.284. The molecule has 2 atom stereocenters. The molecule has 0 aliphatic carbocycles. The molecule has 0 saturated heterocycles. The summed E-state index contributed by atoms with van der Waals surface area (Å²) >= 11 is 0. The summed E-state index contributed by atoms with van der Waals surface area (Å²) in [5.74, 6) is -1.88. The molecule has 2 aromatic carbocycles. The number of carboxylic acid groups (broad SMARTS) is 1. The minimum Gasteiger partial charge on any atom is -0.480 e. The van der Waals surface area contributed by atoms with E-state index in [4.69, 9.17) is 5.11 Å². The highest BCUT2D eigenvalue weighted by Gasteiger charge is 2.39. The fourth-order valence-electron chi connectivity index (χ4n) is 2.94. The van der Waals surface area contributed by atoms with Crippen molar-refractivity contribution < 1.29 is 19.5 Å². The maximum absolute atomic E-state index is 13.0. The van der Waals surface area contributed by atoms with Crippen LogP contribution in [0.2, 0.25) is 0 Å². The first-order chi connectivity index (χ1) is 12.0. The third-order valence-electron chi connectivity index (χ3n) is 4.25. The second-order valence-electron chi connectivity index (χ2n) is 5.96. The summed E-state index contributed by atoms with van der Waals surface area (Å²) in [6, 6.07) is 14.3. The van der Waals surface area contributed by atoms with E-state index in [2.05, 4.69) is 5.32 Å². The molecule has 2 N–H and O–H groups in total. The van der Waals surface area contributed by atoms with Gasteiger partial charge in [0.15, 0.2) is 0 Å². The summed E-state index contributed by atoms with van der Waals surface area (Å²) in [7, 11) is 0. The number of aliphatic carboxylic acids is 1.